The van der Waals surface area contributed by atoms with E-state index < -0.39 is 16.5 Å². The second-order valence-corrected chi connectivity index (χ2v) is 13.1. The maximum absolute atomic E-state index is 11.8. The number of aliphatic carboxylic acids is 1. The molecule has 0 bridgehead atoms. The lowest BCUT2D eigenvalue weighted by atomic mass is 9.83. The lowest BCUT2D eigenvalue weighted by molar-refractivity contribution is -0.304. The highest BCUT2D eigenvalue weighted by atomic mass is 32.2. The predicted octanol–water partition coefficient (Wildman–Crippen LogP) is 6.83. The van der Waals surface area contributed by atoms with Gasteiger partial charge in [-0.05, 0) is 57.8 Å². The molecule has 1 saturated carbocycles. The van der Waals surface area contributed by atoms with E-state index >= 15 is 0 Å². The van der Waals surface area contributed by atoms with Gasteiger partial charge in [0.05, 0.1) is 12.6 Å². The van der Waals surface area contributed by atoms with Gasteiger partial charge in [0.15, 0.2) is 0 Å². The molecule has 232 valence electrons. The van der Waals surface area contributed by atoms with Crippen LogP contribution in [0.5, 0.6) is 0 Å². The van der Waals surface area contributed by atoms with Gasteiger partial charge in [-0.25, -0.2) is 0 Å². The Hall–Kier alpha value is -0.790. The molecule has 2 unspecified atom stereocenters. The van der Waals surface area contributed by atoms with Crippen molar-refractivity contribution < 1.29 is 29.6 Å². The molecule has 0 heterocycles. The number of carboxylic acid groups (broad SMARTS) is 1. The first kappa shape index (κ1) is 38.2. The summed E-state index contributed by atoms with van der Waals surface area (Å²) in [6, 6.07) is 0. The smallest absolute Gasteiger partial charge is 0.318 e. The van der Waals surface area contributed by atoms with Crippen molar-refractivity contribution in [2.45, 2.75) is 160 Å². The standard InChI is InChI=1S/C24H46O4S.C8H16O2/c1-4-5-6-7-8-9-10-11-12-13-14-15-16-17-18-19-20-28-24(27)22(3)29-21(2)23(25)26;9-5-7-1-2-8(6-10)4-3-7/h21-22H,4-20H2,1-3H3,(H,25,26);7-10H,1-6H2/p-1. The first-order valence-electron chi connectivity index (χ1n) is 16.1. The number of thioether (sulfide) groups is 1. The Morgan fingerprint density at radius 3 is 1.38 bits per heavy atom. The molecule has 39 heavy (non-hydrogen) atoms. The molecule has 0 spiro atoms. The van der Waals surface area contributed by atoms with Gasteiger partial charge in [0.25, 0.3) is 0 Å². The normalized spacial score (nSPS) is 18.6. The molecular weight excluding hydrogens is 512 g/mol. The lowest BCUT2D eigenvalue weighted by Gasteiger charge is -2.25. The highest BCUT2D eigenvalue weighted by Crippen LogP contribution is 2.27. The Labute approximate surface area is 244 Å². The number of hydrogen-bond acceptors (Lipinski definition) is 7. The van der Waals surface area contributed by atoms with Gasteiger partial charge < -0.3 is 24.9 Å². The van der Waals surface area contributed by atoms with Gasteiger partial charge in [-0.1, -0.05) is 103 Å². The summed E-state index contributed by atoms with van der Waals surface area (Å²) in [7, 11) is 0. The largest absolute Gasteiger partial charge is 0.549 e. The minimum Gasteiger partial charge on any atom is -0.549 e. The molecule has 2 atom stereocenters. The number of aliphatic hydroxyl groups excluding tert-OH is 2. The maximum atomic E-state index is 11.8. The third-order valence-corrected chi connectivity index (χ3v) is 9.00. The highest BCUT2D eigenvalue weighted by molar-refractivity contribution is 8.01. The summed E-state index contributed by atoms with van der Waals surface area (Å²) < 4.78 is 5.23. The van der Waals surface area contributed by atoms with Gasteiger partial charge in [-0.2, -0.15) is 0 Å². The Kier molecular flexibility index (Phi) is 26.8. The molecule has 1 aliphatic rings. The van der Waals surface area contributed by atoms with Crippen molar-refractivity contribution in [2.24, 2.45) is 11.8 Å². The maximum Gasteiger partial charge on any atom is 0.318 e. The third-order valence-electron chi connectivity index (χ3n) is 7.80. The van der Waals surface area contributed by atoms with E-state index in [1.54, 1.807) is 6.92 Å². The molecular formula is C32H61O6S-. The molecule has 0 amide bonds. The van der Waals surface area contributed by atoms with Crippen molar-refractivity contribution in [2.75, 3.05) is 19.8 Å². The molecule has 0 aromatic heterocycles. The van der Waals surface area contributed by atoms with Crippen LogP contribution in [0.2, 0.25) is 0 Å². The number of carboxylic acids is 1. The van der Waals surface area contributed by atoms with E-state index in [1.165, 1.54) is 96.8 Å². The topological polar surface area (TPSA) is 107 Å². The summed E-state index contributed by atoms with van der Waals surface area (Å²) in [5, 5.41) is 27.1. The first-order valence-corrected chi connectivity index (χ1v) is 17.0. The number of aliphatic hydroxyl groups is 2. The minimum atomic E-state index is -1.15. The monoisotopic (exact) mass is 573 g/mol. The number of ether oxygens (including phenoxy) is 1. The van der Waals surface area contributed by atoms with Gasteiger partial charge in [-0.15, -0.1) is 11.8 Å². The molecule has 0 radical (unpaired) electrons. The van der Waals surface area contributed by atoms with Crippen LogP contribution in [0.25, 0.3) is 0 Å². The van der Waals surface area contributed by atoms with Crippen LogP contribution >= 0.6 is 11.8 Å². The summed E-state index contributed by atoms with van der Waals surface area (Å²) in [5.74, 6) is -0.442. The zero-order valence-corrected chi connectivity index (χ0v) is 26.3. The fourth-order valence-corrected chi connectivity index (χ4v) is 5.86. The molecule has 0 saturated heterocycles. The zero-order chi connectivity index (χ0) is 29.1. The number of rotatable bonds is 23. The summed E-state index contributed by atoms with van der Waals surface area (Å²) in [6.07, 6.45) is 25.5. The molecule has 0 aromatic rings. The molecule has 2 N–H and O–H groups in total. The van der Waals surface area contributed by atoms with Crippen molar-refractivity contribution in [3.63, 3.8) is 0 Å². The van der Waals surface area contributed by atoms with E-state index in [2.05, 4.69) is 6.92 Å². The first-order chi connectivity index (χ1) is 18.8. The molecule has 7 heteroatoms. The number of hydrogen-bond donors (Lipinski definition) is 2. The van der Waals surface area contributed by atoms with E-state index in [-0.39, 0.29) is 5.97 Å². The molecule has 0 aromatic carbocycles. The van der Waals surface area contributed by atoms with Crippen molar-refractivity contribution in [1.82, 2.24) is 0 Å². The number of unbranched alkanes of at least 4 members (excludes halogenated alkanes) is 15. The van der Waals surface area contributed by atoms with Crippen LogP contribution in [-0.2, 0) is 14.3 Å². The Morgan fingerprint density at radius 2 is 1.05 bits per heavy atom. The van der Waals surface area contributed by atoms with Gasteiger partial charge in [0, 0.05) is 18.5 Å². The minimum absolute atomic E-state index is 0.330. The summed E-state index contributed by atoms with van der Waals surface area (Å²) in [4.78, 5) is 22.5. The van der Waals surface area contributed by atoms with Gasteiger partial charge in [0.2, 0.25) is 0 Å². The highest BCUT2D eigenvalue weighted by Gasteiger charge is 2.19. The van der Waals surface area contributed by atoms with E-state index in [4.69, 9.17) is 14.9 Å². The summed E-state index contributed by atoms with van der Waals surface area (Å²) in [6.45, 7) is 6.57. The average Bonchev–Trinajstić information content (AvgIpc) is 2.94. The van der Waals surface area contributed by atoms with Crippen LogP contribution in [0.15, 0.2) is 0 Å². The molecule has 1 rings (SSSR count). The average molecular weight is 574 g/mol. The lowest BCUT2D eigenvalue weighted by Crippen LogP contribution is -2.33. The van der Waals surface area contributed by atoms with Crippen molar-refractivity contribution >= 4 is 23.7 Å². The van der Waals surface area contributed by atoms with Crippen molar-refractivity contribution in [3.05, 3.63) is 0 Å². The van der Waals surface area contributed by atoms with Crippen molar-refractivity contribution in [1.29, 1.82) is 0 Å². The van der Waals surface area contributed by atoms with E-state index in [0.29, 0.717) is 31.7 Å². The molecule has 0 aliphatic heterocycles. The van der Waals surface area contributed by atoms with E-state index in [0.717, 1.165) is 50.3 Å². The molecule has 1 aliphatic carbocycles. The summed E-state index contributed by atoms with van der Waals surface area (Å²) >= 11 is 1.07. The van der Waals surface area contributed by atoms with E-state index in [1.807, 2.05) is 0 Å². The zero-order valence-electron chi connectivity index (χ0n) is 25.5. The fraction of sp³-hybridized carbons (Fsp3) is 0.938. The quantitative estimate of drug-likeness (QED) is 0.102. The van der Waals surface area contributed by atoms with Crippen LogP contribution < -0.4 is 5.11 Å². The third kappa shape index (κ3) is 23.6. The van der Waals surface area contributed by atoms with Gasteiger partial charge in [0.1, 0.15) is 5.25 Å². The Bertz CT molecular complexity index is 553. The van der Waals surface area contributed by atoms with Crippen LogP contribution in [0.4, 0.5) is 0 Å². The van der Waals surface area contributed by atoms with E-state index in [9.17, 15) is 14.7 Å². The second kappa shape index (κ2) is 27.4. The number of carbonyl (C=O) groups is 2. The predicted molar refractivity (Wildman–Crippen MR) is 162 cm³/mol. The molecule has 6 nitrogen and oxygen atoms in total. The molecule has 1 fully saturated rings. The van der Waals surface area contributed by atoms with Crippen LogP contribution in [-0.4, -0.2) is 52.5 Å². The SMILES string of the molecule is CCCCCCCCCCCCCCCCCCOC(=O)C(C)SC(C)C(=O)[O-].OCC1CCC(CO)CC1. The Morgan fingerprint density at radius 1 is 0.692 bits per heavy atom. The van der Waals surface area contributed by atoms with Crippen LogP contribution in [0.3, 0.4) is 0 Å². The van der Waals surface area contributed by atoms with Crippen LogP contribution in [0.1, 0.15) is 149 Å². The Balaban J connectivity index is 0.00000120. The van der Waals surface area contributed by atoms with Crippen LogP contribution in [0, 0.1) is 11.8 Å². The van der Waals surface area contributed by atoms with Gasteiger partial charge in [-0.3, -0.25) is 4.79 Å². The fourth-order valence-electron chi connectivity index (χ4n) is 4.95. The second-order valence-electron chi connectivity index (χ2n) is 11.5. The number of carbonyl (C=O) groups excluding carboxylic acids is 2. The van der Waals surface area contributed by atoms with Crippen molar-refractivity contribution in [3.8, 4) is 0 Å². The van der Waals surface area contributed by atoms with Gasteiger partial charge >= 0.3 is 5.97 Å². The number of esters is 1. The summed E-state index contributed by atoms with van der Waals surface area (Å²) in [5.41, 5.74) is 0.